The van der Waals surface area contributed by atoms with E-state index in [2.05, 4.69) is 46.9 Å². The molecule has 2 atom stereocenters. The van der Waals surface area contributed by atoms with Crippen LogP contribution in [0.1, 0.15) is 59.2 Å². The Morgan fingerprint density at radius 1 is 0.849 bits per heavy atom. The smallest absolute Gasteiger partial charge is 0.262 e. The van der Waals surface area contributed by atoms with Gasteiger partial charge in [0.25, 0.3) is 11.8 Å². The first kappa shape index (κ1) is 33.7. The van der Waals surface area contributed by atoms with Gasteiger partial charge in [-0.3, -0.25) is 34.3 Å². The van der Waals surface area contributed by atoms with E-state index in [4.69, 9.17) is 0 Å². The number of piperazine rings is 1. The Balaban J connectivity index is 0.714. The number of para-hydroxylation sites is 1. The molecule has 6 heterocycles. The Kier molecular flexibility index (Phi) is 8.73. The third-order valence-electron chi connectivity index (χ3n) is 12.2. The number of amides is 4. The van der Waals surface area contributed by atoms with E-state index in [1.807, 2.05) is 24.3 Å². The van der Waals surface area contributed by atoms with Crippen LogP contribution >= 0.6 is 0 Å². The van der Waals surface area contributed by atoms with Gasteiger partial charge in [0.05, 0.1) is 28.6 Å². The molecule has 4 amide bonds. The average Bonchev–Trinajstić information content (AvgIpc) is 3.40. The molecular weight excluding hydrogens is 674 g/mol. The van der Waals surface area contributed by atoms with Crippen molar-refractivity contribution in [2.75, 3.05) is 67.5 Å². The lowest BCUT2D eigenvalue weighted by Crippen LogP contribution is -2.59. The summed E-state index contributed by atoms with van der Waals surface area (Å²) in [6.07, 6.45) is 4.79. The first-order chi connectivity index (χ1) is 25.8. The summed E-state index contributed by atoms with van der Waals surface area (Å²) in [5.74, 6) is 0.417. The van der Waals surface area contributed by atoms with E-state index in [0.29, 0.717) is 46.3 Å². The molecule has 3 saturated heterocycles. The molecule has 0 radical (unpaired) electrons. The van der Waals surface area contributed by atoms with Crippen molar-refractivity contribution in [2.24, 2.45) is 11.8 Å². The lowest BCUT2D eigenvalue weighted by molar-refractivity contribution is -0.136. The van der Waals surface area contributed by atoms with Crippen molar-refractivity contribution in [2.45, 2.75) is 56.7 Å². The van der Waals surface area contributed by atoms with E-state index in [1.54, 1.807) is 18.2 Å². The number of benzene rings is 2. The summed E-state index contributed by atoms with van der Waals surface area (Å²) >= 11 is 0. The molecule has 14 heteroatoms. The van der Waals surface area contributed by atoms with Crippen LogP contribution in [0, 0.1) is 11.8 Å². The second kappa shape index (κ2) is 13.7. The Labute approximate surface area is 307 Å². The fraction of sp³-hybridized carbons (Fsp3) is 0.487. The number of phenols is 1. The van der Waals surface area contributed by atoms with Gasteiger partial charge in [-0.15, -0.1) is 10.2 Å². The number of imide groups is 2. The van der Waals surface area contributed by atoms with Gasteiger partial charge in [-0.1, -0.05) is 12.1 Å². The quantitative estimate of drug-likeness (QED) is 0.252. The summed E-state index contributed by atoms with van der Waals surface area (Å²) in [5.41, 5.74) is 4.00. The van der Waals surface area contributed by atoms with E-state index < -0.39 is 23.8 Å². The van der Waals surface area contributed by atoms with Gasteiger partial charge in [0, 0.05) is 69.5 Å². The van der Waals surface area contributed by atoms with Crippen molar-refractivity contribution in [3.05, 3.63) is 59.7 Å². The minimum absolute atomic E-state index is 0.106. The van der Waals surface area contributed by atoms with Crippen LogP contribution in [0.5, 0.6) is 5.75 Å². The molecule has 2 aromatic carbocycles. The van der Waals surface area contributed by atoms with Crippen LogP contribution in [0.4, 0.5) is 17.2 Å². The van der Waals surface area contributed by atoms with Crippen molar-refractivity contribution in [1.29, 1.82) is 0 Å². The van der Waals surface area contributed by atoms with Gasteiger partial charge in [-0.2, -0.15) is 0 Å². The fourth-order valence-corrected chi connectivity index (χ4v) is 9.14. The number of carbonyl (C=O) groups is 4. The third kappa shape index (κ3) is 6.37. The molecule has 4 N–H and O–H groups in total. The molecule has 4 fully saturated rings. The third-order valence-corrected chi connectivity index (χ3v) is 12.2. The zero-order valence-electron chi connectivity index (χ0n) is 29.7. The Hall–Kier alpha value is -5.08. The molecule has 1 aromatic heterocycles. The van der Waals surface area contributed by atoms with E-state index in [0.717, 1.165) is 87.3 Å². The largest absolute Gasteiger partial charge is 0.507 e. The number of hydrogen-bond donors (Lipinski definition) is 4. The van der Waals surface area contributed by atoms with Crippen molar-refractivity contribution in [3.8, 4) is 17.0 Å². The number of fused-ring (bicyclic) bond motifs is 4. The number of hydrogen-bond acceptors (Lipinski definition) is 12. The van der Waals surface area contributed by atoms with Gasteiger partial charge in [0.2, 0.25) is 11.8 Å². The summed E-state index contributed by atoms with van der Waals surface area (Å²) in [4.78, 5) is 58.8. The van der Waals surface area contributed by atoms with Crippen LogP contribution in [0.3, 0.4) is 0 Å². The number of nitrogens with one attached hydrogen (secondary N) is 3. The Morgan fingerprint density at radius 3 is 2.47 bits per heavy atom. The highest BCUT2D eigenvalue weighted by Crippen LogP contribution is 2.37. The average molecular weight is 720 g/mol. The van der Waals surface area contributed by atoms with E-state index in [1.165, 1.54) is 12.8 Å². The van der Waals surface area contributed by atoms with Gasteiger partial charge in [0.1, 0.15) is 11.8 Å². The summed E-state index contributed by atoms with van der Waals surface area (Å²) in [6.45, 7) is 7.73. The van der Waals surface area contributed by atoms with Crippen LogP contribution < -0.4 is 25.8 Å². The summed E-state index contributed by atoms with van der Waals surface area (Å²) in [7, 11) is 0. The monoisotopic (exact) mass is 719 g/mol. The lowest BCUT2D eigenvalue weighted by atomic mass is 9.79. The number of nitrogens with zero attached hydrogens (tertiary/aromatic N) is 6. The van der Waals surface area contributed by atoms with Gasteiger partial charge in [0.15, 0.2) is 5.82 Å². The van der Waals surface area contributed by atoms with Crippen molar-refractivity contribution < 1.29 is 24.3 Å². The maximum Gasteiger partial charge on any atom is 0.262 e. The molecular formula is C39H45N9O5. The van der Waals surface area contributed by atoms with E-state index in [9.17, 15) is 24.3 Å². The van der Waals surface area contributed by atoms with Crippen molar-refractivity contribution >= 4 is 40.8 Å². The first-order valence-electron chi connectivity index (χ1n) is 19.0. The molecule has 0 bridgehead atoms. The normalized spacial score (nSPS) is 26.1. The molecule has 0 spiro atoms. The predicted molar refractivity (Wildman–Crippen MR) is 198 cm³/mol. The Morgan fingerprint density at radius 2 is 1.66 bits per heavy atom. The highest BCUT2D eigenvalue weighted by Gasteiger charge is 2.45. The van der Waals surface area contributed by atoms with Gasteiger partial charge in [-0.25, -0.2) is 0 Å². The molecule has 1 saturated carbocycles. The van der Waals surface area contributed by atoms with Crippen molar-refractivity contribution in [3.63, 3.8) is 0 Å². The lowest BCUT2D eigenvalue weighted by Gasteiger charge is -2.48. The zero-order valence-corrected chi connectivity index (χ0v) is 29.7. The SMILES string of the molecule is O=C1CCC(N2C(=O)c3ccc(N4CCC(CN[C@H]5C[C@@H](CN6CCN7c8cc(-c9ccccc9O)nnc8NC[C@H]7C6)C5)CC4)cc3C2=O)C(=O)N1. The number of phenolic OH excluding ortho intramolecular Hbond substituents is 1. The second-order valence-electron chi connectivity index (χ2n) is 15.5. The van der Waals surface area contributed by atoms with Crippen LogP contribution in [-0.4, -0.2) is 119 Å². The summed E-state index contributed by atoms with van der Waals surface area (Å²) < 4.78 is 0. The Bertz CT molecular complexity index is 1960. The number of piperidine rings is 2. The highest BCUT2D eigenvalue weighted by atomic mass is 16.3. The molecule has 14 nitrogen and oxygen atoms in total. The number of rotatable bonds is 8. The van der Waals surface area contributed by atoms with Gasteiger partial charge >= 0.3 is 0 Å². The van der Waals surface area contributed by atoms with Crippen LogP contribution in [0.15, 0.2) is 48.5 Å². The number of carbonyl (C=O) groups excluding carboxylic acids is 4. The topological polar surface area (TPSA) is 163 Å². The fourth-order valence-electron chi connectivity index (χ4n) is 9.14. The van der Waals surface area contributed by atoms with Crippen LogP contribution in [-0.2, 0) is 9.59 Å². The van der Waals surface area contributed by atoms with Gasteiger partial charge < -0.3 is 25.5 Å². The van der Waals surface area contributed by atoms with E-state index >= 15 is 0 Å². The molecule has 6 aliphatic rings. The zero-order chi connectivity index (χ0) is 36.2. The first-order valence-corrected chi connectivity index (χ1v) is 19.0. The van der Waals surface area contributed by atoms with Crippen molar-refractivity contribution in [1.82, 2.24) is 30.6 Å². The van der Waals surface area contributed by atoms with Crippen LogP contribution in [0.2, 0.25) is 0 Å². The minimum Gasteiger partial charge on any atom is -0.507 e. The number of aromatic nitrogens is 2. The van der Waals surface area contributed by atoms with Gasteiger partial charge in [-0.05, 0) is 86.9 Å². The molecule has 1 aliphatic carbocycles. The van der Waals surface area contributed by atoms with E-state index in [-0.39, 0.29) is 24.5 Å². The maximum absolute atomic E-state index is 13.3. The minimum atomic E-state index is -0.954. The highest BCUT2D eigenvalue weighted by molar-refractivity contribution is 6.23. The summed E-state index contributed by atoms with van der Waals surface area (Å²) in [5, 5.41) is 28.8. The summed E-state index contributed by atoms with van der Waals surface area (Å²) in [6, 6.07) is 14.7. The standard InChI is InChI=1S/C39H45N9O5/c49-34-4-2-1-3-29(34)31-18-33-36(44-43-31)41-20-27-22-45(13-14-47(27)33)21-24-15-25(16-24)40-19-23-9-11-46(12-10-23)26-5-6-28-30(17-26)39(53)48(38(28)52)32-7-8-35(50)42-37(32)51/h1-6,17-18,23-25,27,32,40,49H,7-16,19-22H2,(H,41,44)(H,42,50,51)/t24-,25+,27-,32?/m0/s1. The molecule has 9 rings (SSSR count). The number of aromatic hydroxyl groups is 1. The predicted octanol–water partition coefficient (Wildman–Crippen LogP) is 2.45. The van der Waals surface area contributed by atoms with Crippen LogP contribution in [0.25, 0.3) is 11.3 Å². The molecule has 5 aliphatic heterocycles. The molecule has 1 unspecified atom stereocenters. The molecule has 3 aromatic rings. The maximum atomic E-state index is 13.3. The molecule has 53 heavy (non-hydrogen) atoms. The molecule has 276 valence electrons. The number of anilines is 3. The second-order valence-corrected chi connectivity index (χ2v) is 15.5.